The number of anilines is 1. The van der Waals surface area contributed by atoms with Crippen LogP contribution in [0.15, 0.2) is 36.0 Å². The molecular formula is C25H26N2O4S. The second-order valence-electron chi connectivity index (χ2n) is 8.04. The molecule has 0 aliphatic heterocycles. The molecule has 0 amide bonds. The summed E-state index contributed by atoms with van der Waals surface area (Å²) in [5.41, 5.74) is 3.37. The zero-order valence-electron chi connectivity index (χ0n) is 18.3. The van der Waals surface area contributed by atoms with Gasteiger partial charge in [-0.25, -0.2) is 0 Å². The topological polar surface area (TPSA) is 88.4 Å². The van der Waals surface area contributed by atoms with Gasteiger partial charge >= 0.3 is 5.97 Å². The van der Waals surface area contributed by atoms with E-state index in [0.717, 1.165) is 41.8 Å². The SMILES string of the molecule is CCOC(=O)C1C(=O)C=C(Nc2sc3c(c2C#N)CCCC3)CC1c1cccc(OC)c1. The van der Waals surface area contributed by atoms with Crippen molar-refractivity contribution in [2.24, 2.45) is 5.92 Å². The number of allylic oxidation sites excluding steroid dienone is 2. The molecule has 0 saturated carbocycles. The molecule has 2 aromatic rings. The Balaban J connectivity index is 1.68. The third-order valence-electron chi connectivity index (χ3n) is 6.08. The lowest BCUT2D eigenvalue weighted by molar-refractivity contribution is -0.151. The van der Waals surface area contributed by atoms with Crippen LogP contribution in [-0.2, 0) is 27.2 Å². The molecule has 4 rings (SSSR count). The van der Waals surface area contributed by atoms with E-state index in [2.05, 4.69) is 11.4 Å². The zero-order valence-corrected chi connectivity index (χ0v) is 19.1. The number of methoxy groups -OCH3 is 1. The number of nitriles is 1. The second kappa shape index (κ2) is 9.58. The first kappa shape index (κ1) is 22.1. The number of ketones is 1. The molecule has 0 saturated heterocycles. The molecule has 1 aromatic heterocycles. The van der Waals surface area contributed by atoms with Crippen LogP contribution in [0.2, 0.25) is 0 Å². The number of benzene rings is 1. The Morgan fingerprint density at radius 3 is 2.88 bits per heavy atom. The van der Waals surface area contributed by atoms with Crippen molar-refractivity contribution in [3.63, 3.8) is 0 Å². The van der Waals surface area contributed by atoms with E-state index in [4.69, 9.17) is 9.47 Å². The fraction of sp³-hybridized carbons (Fsp3) is 0.400. The number of carbonyl (C=O) groups excluding carboxylic acids is 2. The van der Waals surface area contributed by atoms with E-state index >= 15 is 0 Å². The molecule has 166 valence electrons. The van der Waals surface area contributed by atoms with Gasteiger partial charge in [-0.2, -0.15) is 5.26 Å². The van der Waals surface area contributed by atoms with Gasteiger partial charge in [0.05, 0.1) is 19.3 Å². The molecule has 6 nitrogen and oxygen atoms in total. The summed E-state index contributed by atoms with van der Waals surface area (Å²) >= 11 is 1.60. The number of nitrogens with one attached hydrogen (secondary N) is 1. The third kappa shape index (κ3) is 4.28. The van der Waals surface area contributed by atoms with Gasteiger partial charge in [0.2, 0.25) is 0 Å². The van der Waals surface area contributed by atoms with E-state index in [1.165, 1.54) is 11.0 Å². The highest BCUT2D eigenvalue weighted by molar-refractivity contribution is 7.16. The first-order valence-corrected chi connectivity index (χ1v) is 11.7. The Hall–Kier alpha value is -3.11. The molecule has 7 heteroatoms. The van der Waals surface area contributed by atoms with Crippen LogP contribution in [0, 0.1) is 17.2 Å². The first-order valence-electron chi connectivity index (χ1n) is 10.9. The largest absolute Gasteiger partial charge is 0.497 e. The molecule has 0 fully saturated rings. The second-order valence-corrected chi connectivity index (χ2v) is 9.15. The summed E-state index contributed by atoms with van der Waals surface area (Å²) in [6.07, 6.45) is 6.10. The molecule has 2 aliphatic rings. The van der Waals surface area contributed by atoms with E-state index < -0.39 is 11.9 Å². The summed E-state index contributed by atoms with van der Waals surface area (Å²) in [6, 6.07) is 9.80. The van der Waals surface area contributed by atoms with Gasteiger partial charge in [-0.1, -0.05) is 12.1 Å². The minimum Gasteiger partial charge on any atom is -0.497 e. The van der Waals surface area contributed by atoms with Crippen LogP contribution >= 0.6 is 11.3 Å². The lowest BCUT2D eigenvalue weighted by Gasteiger charge is -2.29. The Kier molecular flexibility index (Phi) is 6.61. The van der Waals surface area contributed by atoms with Gasteiger partial charge in [-0.3, -0.25) is 9.59 Å². The smallest absolute Gasteiger partial charge is 0.317 e. The number of esters is 1. The number of hydrogen-bond donors (Lipinski definition) is 1. The average molecular weight is 451 g/mol. The minimum atomic E-state index is -0.903. The van der Waals surface area contributed by atoms with Crippen molar-refractivity contribution in [2.75, 3.05) is 19.0 Å². The van der Waals surface area contributed by atoms with Crippen molar-refractivity contribution in [2.45, 2.75) is 44.9 Å². The van der Waals surface area contributed by atoms with Gasteiger partial charge in [-0.05, 0) is 62.3 Å². The molecule has 32 heavy (non-hydrogen) atoms. The molecule has 1 N–H and O–H groups in total. The molecule has 0 bridgehead atoms. The van der Waals surface area contributed by atoms with Gasteiger partial charge in [0, 0.05) is 22.6 Å². The lowest BCUT2D eigenvalue weighted by Crippen LogP contribution is -2.35. The number of carbonyl (C=O) groups is 2. The van der Waals surface area contributed by atoms with Crippen molar-refractivity contribution in [3.8, 4) is 11.8 Å². The highest BCUT2D eigenvalue weighted by Gasteiger charge is 2.40. The maximum Gasteiger partial charge on any atom is 0.317 e. The molecule has 2 atom stereocenters. The van der Waals surface area contributed by atoms with Crippen LogP contribution < -0.4 is 10.1 Å². The number of hydrogen-bond acceptors (Lipinski definition) is 7. The predicted molar refractivity (Wildman–Crippen MR) is 123 cm³/mol. The van der Waals surface area contributed by atoms with Crippen LogP contribution in [0.4, 0.5) is 5.00 Å². The van der Waals surface area contributed by atoms with Crippen molar-refractivity contribution in [3.05, 3.63) is 57.6 Å². The summed E-state index contributed by atoms with van der Waals surface area (Å²) in [7, 11) is 1.59. The van der Waals surface area contributed by atoms with Gasteiger partial charge in [0.1, 0.15) is 22.7 Å². The Morgan fingerprint density at radius 2 is 2.12 bits per heavy atom. The standard InChI is InChI=1S/C25H26N2O4S/c1-3-31-25(29)23-19(15-7-6-8-17(11-15)30-2)12-16(13-21(23)28)27-24-20(14-26)18-9-4-5-10-22(18)32-24/h6-8,11,13,19,23,27H,3-5,9-10,12H2,1-2H3. The predicted octanol–water partition coefficient (Wildman–Crippen LogP) is 4.74. The molecule has 0 spiro atoms. The summed E-state index contributed by atoms with van der Waals surface area (Å²) < 4.78 is 10.6. The molecular weight excluding hydrogens is 424 g/mol. The van der Waals surface area contributed by atoms with E-state index in [-0.39, 0.29) is 18.3 Å². The number of fused-ring (bicyclic) bond motifs is 1. The fourth-order valence-electron chi connectivity index (χ4n) is 4.57. The summed E-state index contributed by atoms with van der Waals surface area (Å²) in [5, 5.41) is 13.9. The van der Waals surface area contributed by atoms with Gasteiger partial charge < -0.3 is 14.8 Å². The zero-order chi connectivity index (χ0) is 22.7. The third-order valence-corrected chi connectivity index (χ3v) is 7.29. The Bertz CT molecular complexity index is 1110. The molecule has 2 unspecified atom stereocenters. The molecule has 0 radical (unpaired) electrons. The highest BCUT2D eigenvalue weighted by atomic mass is 32.1. The normalized spacial score (nSPS) is 20.0. The molecule has 2 aliphatic carbocycles. The van der Waals surface area contributed by atoms with Crippen molar-refractivity contribution in [1.82, 2.24) is 0 Å². The fourth-order valence-corrected chi connectivity index (χ4v) is 5.85. The van der Waals surface area contributed by atoms with Crippen LogP contribution in [0.5, 0.6) is 5.75 Å². The van der Waals surface area contributed by atoms with Gasteiger partial charge in [0.25, 0.3) is 0 Å². The summed E-state index contributed by atoms with van der Waals surface area (Å²) in [6.45, 7) is 1.95. The number of rotatable bonds is 6. The average Bonchev–Trinajstić information content (AvgIpc) is 3.15. The van der Waals surface area contributed by atoms with E-state index in [9.17, 15) is 14.9 Å². The van der Waals surface area contributed by atoms with Gasteiger partial charge in [0.15, 0.2) is 5.78 Å². The van der Waals surface area contributed by atoms with E-state index in [1.807, 2.05) is 24.3 Å². The molecule has 1 aromatic carbocycles. The highest BCUT2D eigenvalue weighted by Crippen LogP contribution is 2.42. The van der Waals surface area contributed by atoms with Crippen molar-refractivity contribution >= 4 is 28.1 Å². The van der Waals surface area contributed by atoms with Crippen molar-refractivity contribution < 1.29 is 19.1 Å². The summed E-state index contributed by atoms with van der Waals surface area (Å²) in [4.78, 5) is 27.0. The quantitative estimate of drug-likeness (QED) is 0.505. The van der Waals surface area contributed by atoms with Crippen LogP contribution in [0.3, 0.4) is 0 Å². The molecule has 1 heterocycles. The number of nitrogens with zero attached hydrogens (tertiary/aromatic N) is 1. The number of aryl methyl sites for hydroxylation is 1. The summed E-state index contributed by atoms with van der Waals surface area (Å²) in [5.74, 6) is -1.42. The monoisotopic (exact) mass is 450 g/mol. The minimum absolute atomic E-state index is 0.217. The van der Waals surface area contributed by atoms with Crippen LogP contribution in [0.1, 0.15) is 53.7 Å². The maximum atomic E-state index is 13.1. The van der Waals surface area contributed by atoms with Crippen LogP contribution in [-0.4, -0.2) is 25.5 Å². The van der Waals surface area contributed by atoms with Crippen LogP contribution in [0.25, 0.3) is 0 Å². The van der Waals surface area contributed by atoms with E-state index in [0.29, 0.717) is 23.4 Å². The van der Waals surface area contributed by atoms with Crippen molar-refractivity contribution in [1.29, 1.82) is 5.26 Å². The first-order chi connectivity index (χ1) is 15.5. The number of ether oxygens (including phenoxy) is 2. The van der Waals surface area contributed by atoms with E-state index in [1.54, 1.807) is 25.4 Å². The Morgan fingerprint density at radius 1 is 1.31 bits per heavy atom. The Labute approximate surface area is 191 Å². The van der Waals surface area contributed by atoms with Gasteiger partial charge in [-0.15, -0.1) is 11.3 Å². The maximum absolute atomic E-state index is 13.1. The number of thiophene rings is 1. The lowest BCUT2D eigenvalue weighted by atomic mass is 9.76.